The standard InChI is InChI=1S/C17H20N4O4/c1-3-25-16(23)11(2)18-17(24)20-9-7-13-12(10-20)15(22)21-8-5-4-6-14(21)19-13/h4-6,8,11H,3,7,9-10H2,1-2H3,(H,18,24). The van der Waals surface area contributed by atoms with E-state index in [1.54, 1.807) is 32.2 Å². The number of fused-ring (bicyclic) bond motifs is 2. The Morgan fingerprint density at radius 2 is 2.20 bits per heavy atom. The third-order valence-electron chi connectivity index (χ3n) is 4.15. The van der Waals surface area contributed by atoms with E-state index in [1.807, 2.05) is 6.07 Å². The molecule has 8 heteroatoms. The van der Waals surface area contributed by atoms with Crippen LogP contribution in [0.2, 0.25) is 0 Å². The van der Waals surface area contributed by atoms with Crippen molar-refractivity contribution in [1.29, 1.82) is 0 Å². The first-order valence-corrected chi connectivity index (χ1v) is 8.22. The number of hydrogen-bond donors (Lipinski definition) is 1. The maximum atomic E-state index is 12.6. The summed E-state index contributed by atoms with van der Waals surface area (Å²) in [4.78, 5) is 42.7. The summed E-state index contributed by atoms with van der Waals surface area (Å²) in [5, 5.41) is 2.60. The van der Waals surface area contributed by atoms with Crippen molar-refractivity contribution >= 4 is 17.6 Å². The number of carbonyl (C=O) groups is 2. The Balaban J connectivity index is 1.79. The van der Waals surface area contributed by atoms with E-state index in [9.17, 15) is 14.4 Å². The molecule has 2 amide bonds. The lowest BCUT2D eigenvalue weighted by Crippen LogP contribution is -2.49. The number of rotatable bonds is 3. The SMILES string of the molecule is CCOC(=O)C(C)NC(=O)N1CCc2nc3ccccn3c(=O)c2C1. The van der Waals surface area contributed by atoms with E-state index in [-0.39, 0.29) is 18.7 Å². The number of nitrogens with zero attached hydrogens (tertiary/aromatic N) is 3. The topological polar surface area (TPSA) is 93.0 Å². The fourth-order valence-corrected chi connectivity index (χ4v) is 2.82. The molecule has 0 fully saturated rings. The molecule has 0 radical (unpaired) electrons. The van der Waals surface area contributed by atoms with Crippen molar-refractivity contribution < 1.29 is 14.3 Å². The summed E-state index contributed by atoms with van der Waals surface area (Å²) >= 11 is 0. The Bertz CT molecular complexity index is 877. The number of urea groups is 1. The molecule has 0 aliphatic carbocycles. The zero-order chi connectivity index (χ0) is 18.0. The molecular formula is C17H20N4O4. The first kappa shape index (κ1) is 16.9. The second-order valence-electron chi connectivity index (χ2n) is 5.87. The molecule has 1 N–H and O–H groups in total. The maximum absolute atomic E-state index is 12.6. The van der Waals surface area contributed by atoms with Gasteiger partial charge in [0.15, 0.2) is 0 Å². The van der Waals surface area contributed by atoms with Crippen molar-refractivity contribution in [2.45, 2.75) is 32.9 Å². The lowest BCUT2D eigenvalue weighted by atomic mass is 10.1. The van der Waals surface area contributed by atoms with Gasteiger partial charge >= 0.3 is 12.0 Å². The Labute approximate surface area is 144 Å². The van der Waals surface area contributed by atoms with E-state index in [1.165, 1.54) is 9.30 Å². The molecule has 0 spiro atoms. The van der Waals surface area contributed by atoms with Gasteiger partial charge in [0.25, 0.3) is 5.56 Å². The van der Waals surface area contributed by atoms with Gasteiger partial charge in [-0.2, -0.15) is 0 Å². The monoisotopic (exact) mass is 344 g/mol. The predicted octanol–water partition coefficient (Wildman–Crippen LogP) is 0.714. The Morgan fingerprint density at radius 1 is 1.40 bits per heavy atom. The van der Waals surface area contributed by atoms with Gasteiger partial charge in [-0.25, -0.2) is 14.6 Å². The molecule has 1 unspecified atom stereocenters. The summed E-state index contributed by atoms with van der Waals surface area (Å²) < 4.78 is 6.35. The van der Waals surface area contributed by atoms with Crippen LogP contribution in [-0.2, 0) is 22.5 Å². The van der Waals surface area contributed by atoms with Crippen LogP contribution in [0.5, 0.6) is 0 Å². The smallest absolute Gasteiger partial charge is 0.328 e. The van der Waals surface area contributed by atoms with Crippen molar-refractivity contribution in [1.82, 2.24) is 19.6 Å². The number of hydrogen-bond acceptors (Lipinski definition) is 5. The molecule has 0 saturated heterocycles. The molecule has 8 nitrogen and oxygen atoms in total. The molecule has 3 rings (SSSR count). The number of aromatic nitrogens is 2. The van der Waals surface area contributed by atoms with E-state index in [2.05, 4.69) is 10.3 Å². The minimum absolute atomic E-state index is 0.167. The van der Waals surface area contributed by atoms with Gasteiger partial charge in [-0.1, -0.05) is 6.07 Å². The number of pyridine rings is 1. The molecule has 3 heterocycles. The normalized spacial score (nSPS) is 14.7. The second kappa shape index (κ2) is 6.92. The molecule has 1 aliphatic heterocycles. The molecule has 1 aliphatic rings. The fraction of sp³-hybridized carbons (Fsp3) is 0.412. The lowest BCUT2D eigenvalue weighted by molar-refractivity contribution is -0.144. The van der Waals surface area contributed by atoms with Crippen molar-refractivity contribution in [3.05, 3.63) is 46.0 Å². The number of ether oxygens (including phenoxy) is 1. The third kappa shape index (κ3) is 3.33. The molecular weight excluding hydrogens is 324 g/mol. The molecule has 2 aromatic rings. The van der Waals surface area contributed by atoms with Crippen molar-refractivity contribution in [2.24, 2.45) is 0 Å². The van der Waals surface area contributed by atoms with Crippen LogP contribution in [0.1, 0.15) is 25.1 Å². The minimum atomic E-state index is -0.746. The van der Waals surface area contributed by atoms with Crippen LogP contribution in [0.3, 0.4) is 0 Å². The predicted molar refractivity (Wildman–Crippen MR) is 90.2 cm³/mol. The van der Waals surface area contributed by atoms with Crippen molar-refractivity contribution in [3.63, 3.8) is 0 Å². The Hall–Kier alpha value is -2.90. The van der Waals surface area contributed by atoms with Crippen LogP contribution < -0.4 is 10.9 Å². The zero-order valence-corrected chi connectivity index (χ0v) is 14.2. The average Bonchev–Trinajstić information content (AvgIpc) is 2.62. The number of amides is 2. The third-order valence-corrected chi connectivity index (χ3v) is 4.15. The van der Waals surface area contributed by atoms with Gasteiger partial charge in [0.1, 0.15) is 11.7 Å². The van der Waals surface area contributed by atoms with Crippen molar-refractivity contribution in [2.75, 3.05) is 13.2 Å². The highest BCUT2D eigenvalue weighted by Gasteiger charge is 2.27. The summed E-state index contributed by atoms with van der Waals surface area (Å²) in [6, 6.07) is 4.22. The zero-order valence-electron chi connectivity index (χ0n) is 14.2. The van der Waals surface area contributed by atoms with Gasteiger partial charge in [0.2, 0.25) is 0 Å². The van der Waals surface area contributed by atoms with Crippen LogP contribution in [0.25, 0.3) is 5.65 Å². The molecule has 2 aromatic heterocycles. The van der Waals surface area contributed by atoms with Gasteiger partial charge in [0.05, 0.1) is 24.4 Å². The molecule has 0 saturated carbocycles. The average molecular weight is 344 g/mol. The summed E-state index contributed by atoms with van der Waals surface area (Å²) in [5.41, 5.74) is 1.66. The number of esters is 1. The van der Waals surface area contributed by atoms with Gasteiger partial charge in [-0.3, -0.25) is 9.20 Å². The molecule has 25 heavy (non-hydrogen) atoms. The lowest BCUT2D eigenvalue weighted by Gasteiger charge is -2.29. The minimum Gasteiger partial charge on any atom is -0.464 e. The highest BCUT2D eigenvalue weighted by molar-refractivity contribution is 5.83. The van der Waals surface area contributed by atoms with Gasteiger partial charge in [0, 0.05) is 19.2 Å². The van der Waals surface area contributed by atoms with Gasteiger partial charge < -0.3 is 15.0 Å². The van der Waals surface area contributed by atoms with E-state index in [0.29, 0.717) is 24.2 Å². The molecule has 0 bridgehead atoms. The van der Waals surface area contributed by atoms with E-state index in [0.717, 1.165) is 5.69 Å². The Kier molecular flexibility index (Phi) is 4.69. The highest BCUT2D eigenvalue weighted by Crippen LogP contribution is 2.15. The fourth-order valence-electron chi connectivity index (χ4n) is 2.82. The van der Waals surface area contributed by atoms with Crippen molar-refractivity contribution in [3.8, 4) is 0 Å². The molecule has 0 aromatic carbocycles. The summed E-state index contributed by atoms with van der Waals surface area (Å²) in [7, 11) is 0. The molecule has 1 atom stereocenters. The van der Waals surface area contributed by atoms with Crippen LogP contribution in [-0.4, -0.2) is 45.5 Å². The van der Waals surface area contributed by atoms with Crippen LogP contribution >= 0.6 is 0 Å². The highest BCUT2D eigenvalue weighted by atomic mass is 16.5. The van der Waals surface area contributed by atoms with Crippen LogP contribution in [0, 0.1) is 0 Å². The largest absolute Gasteiger partial charge is 0.464 e. The van der Waals surface area contributed by atoms with E-state index in [4.69, 9.17) is 4.74 Å². The summed E-state index contributed by atoms with van der Waals surface area (Å²) in [6.07, 6.45) is 2.16. The van der Waals surface area contributed by atoms with Crippen LogP contribution in [0.15, 0.2) is 29.2 Å². The quantitative estimate of drug-likeness (QED) is 0.828. The maximum Gasteiger partial charge on any atom is 0.328 e. The summed E-state index contributed by atoms with van der Waals surface area (Å²) in [5.74, 6) is -0.485. The molecule has 132 valence electrons. The van der Waals surface area contributed by atoms with E-state index >= 15 is 0 Å². The van der Waals surface area contributed by atoms with E-state index < -0.39 is 18.0 Å². The van der Waals surface area contributed by atoms with Gasteiger partial charge in [-0.15, -0.1) is 0 Å². The Morgan fingerprint density at radius 3 is 2.96 bits per heavy atom. The first-order chi connectivity index (χ1) is 12.0. The number of carbonyl (C=O) groups excluding carboxylic acids is 2. The number of nitrogens with one attached hydrogen (secondary N) is 1. The first-order valence-electron chi connectivity index (χ1n) is 8.22. The van der Waals surface area contributed by atoms with Crippen LogP contribution in [0.4, 0.5) is 4.79 Å². The van der Waals surface area contributed by atoms with Gasteiger partial charge in [-0.05, 0) is 26.0 Å². The second-order valence-corrected chi connectivity index (χ2v) is 5.87. The summed E-state index contributed by atoms with van der Waals surface area (Å²) in [6.45, 7) is 4.13.